The van der Waals surface area contributed by atoms with Crippen molar-refractivity contribution in [1.29, 1.82) is 0 Å². The van der Waals surface area contributed by atoms with Crippen molar-refractivity contribution in [2.45, 2.75) is 20.0 Å². The van der Waals surface area contributed by atoms with Crippen molar-refractivity contribution in [2.75, 3.05) is 19.4 Å². The van der Waals surface area contributed by atoms with Crippen molar-refractivity contribution >= 4 is 46.1 Å². The van der Waals surface area contributed by atoms with Crippen LogP contribution in [0, 0.1) is 0 Å². The average molecular weight is 445 g/mol. The number of aliphatic imine (C=N–C) groups is 2. The Bertz CT molecular complexity index is 1240. The number of allylic oxidation sites excluding steroid dienone is 2. The molecule has 0 aliphatic heterocycles. The molecule has 1 aromatic carbocycles. The first-order valence-electron chi connectivity index (χ1n) is 10.4. The molecule has 5 N–H and O–H groups in total. The minimum Gasteiger partial charge on any atom is -0.489 e. The summed E-state index contributed by atoms with van der Waals surface area (Å²) in [5, 5.41) is 4.09. The Labute approximate surface area is 193 Å². The number of benzene rings is 1. The maximum Gasteiger partial charge on any atom is 0.227 e. The summed E-state index contributed by atoms with van der Waals surface area (Å²) in [4.78, 5) is 21.7. The van der Waals surface area contributed by atoms with Gasteiger partial charge in [-0.1, -0.05) is 6.07 Å². The highest BCUT2D eigenvalue weighted by atomic mass is 16.5. The van der Waals surface area contributed by atoms with Gasteiger partial charge in [-0.2, -0.15) is 0 Å². The summed E-state index contributed by atoms with van der Waals surface area (Å²) in [6, 6.07) is 7.57. The highest BCUT2D eigenvalue weighted by Crippen LogP contribution is 2.31. The van der Waals surface area contributed by atoms with Crippen molar-refractivity contribution in [3.8, 4) is 5.75 Å². The normalized spacial score (nSPS) is 12.9. The summed E-state index contributed by atoms with van der Waals surface area (Å²) < 4.78 is 6.04. The molecule has 2 aromatic heterocycles. The van der Waals surface area contributed by atoms with E-state index in [-0.39, 0.29) is 6.10 Å². The standard InChI is InChI=1S/C24H28N8O/c1-15(2)33-21-9-16(18(10-25)12-27-3)5-6-20(21)31-24-30-14-17-7-8-29-22(23(17)32-24)19(11-26)13-28-4/h5-15H,25-26H2,1-4H3,(H,30,31,32). The van der Waals surface area contributed by atoms with Crippen molar-refractivity contribution < 1.29 is 4.74 Å². The van der Waals surface area contributed by atoms with Gasteiger partial charge in [0.25, 0.3) is 0 Å². The van der Waals surface area contributed by atoms with Crippen LogP contribution in [-0.2, 0) is 0 Å². The van der Waals surface area contributed by atoms with Gasteiger partial charge in [0.15, 0.2) is 0 Å². The predicted molar refractivity (Wildman–Crippen MR) is 136 cm³/mol. The Balaban J connectivity index is 2.05. The van der Waals surface area contributed by atoms with Crippen molar-refractivity contribution in [3.05, 3.63) is 60.3 Å². The maximum atomic E-state index is 6.04. The Morgan fingerprint density at radius 2 is 1.76 bits per heavy atom. The number of aromatic nitrogens is 3. The summed E-state index contributed by atoms with van der Waals surface area (Å²) in [5.41, 5.74) is 15.9. The molecule has 0 aliphatic carbocycles. The maximum absolute atomic E-state index is 6.04. The van der Waals surface area contributed by atoms with E-state index in [1.807, 2.05) is 38.1 Å². The number of ether oxygens (including phenoxy) is 1. The minimum absolute atomic E-state index is 0.0372. The molecule has 170 valence electrons. The Morgan fingerprint density at radius 1 is 1.03 bits per heavy atom. The van der Waals surface area contributed by atoms with E-state index < -0.39 is 0 Å². The fourth-order valence-corrected chi connectivity index (χ4v) is 3.18. The van der Waals surface area contributed by atoms with Gasteiger partial charge in [0.05, 0.1) is 17.5 Å². The van der Waals surface area contributed by atoms with Gasteiger partial charge in [-0.15, -0.1) is 0 Å². The third kappa shape index (κ3) is 5.51. The molecule has 0 fully saturated rings. The van der Waals surface area contributed by atoms with E-state index in [9.17, 15) is 0 Å². The van der Waals surface area contributed by atoms with Crippen molar-refractivity contribution in [1.82, 2.24) is 15.0 Å². The molecule has 3 rings (SSSR count). The highest BCUT2D eigenvalue weighted by molar-refractivity contribution is 6.13. The number of anilines is 2. The lowest BCUT2D eigenvalue weighted by molar-refractivity contribution is 0.243. The lowest BCUT2D eigenvalue weighted by atomic mass is 10.1. The van der Waals surface area contributed by atoms with Crippen LogP contribution in [0.2, 0.25) is 0 Å². The summed E-state index contributed by atoms with van der Waals surface area (Å²) in [5.74, 6) is 1.04. The van der Waals surface area contributed by atoms with Gasteiger partial charge in [0, 0.05) is 67.9 Å². The lowest BCUT2D eigenvalue weighted by Crippen LogP contribution is -2.09. The summed E-state index contributed by atoms with van der Waals surface area (Å²) in [6.45, 7) is 3.92. The van der Waals surface area contributed by atoms with Crippen LogP contribution < -0.4 is 21.5 Å². The molecule has 9 nitrogen and oxygen atoms in total. The molecule has 0 saturated carbocycles. The second-order valence-electron chi connectivity index (χ2n) is 7.31. The molecule has 0 saturated heterocycles. The number of nitrogens with two attached hydrogens (primary N) is 2. The molecule has 0 bridgehead atoms. The van der Waals surface area contributed by atoms with Crippen molar-refractivity contribution in [3.63, 3.8) is 0 Å². The zero-order valence-corrected chi connectivity index (χ0v) is 19.1. The fourth-order valence-electron chi connectivity index (χ4n) is 3.18. The lowest BCUT2D eigenvalue weighted by Gasteiger charge is -2.17. The van der Waals surface area contributed by atoms with Gasteiger partial charge in [0.2, 0.25) is 5.95 Å². The molecule has 2 heterocycles. The van der Waals surface area contributed by atoms with Crippen LogP contribution in [0.4, 0.5) is 11.6 Å². The number of hydrogen-bond acceptors (Lipinski definition) is 9. The average Bonchev–Trinajstić information content (AvgIpc) is 2.81. The Kier molecular flexibility index (Phi) is 7.69. The van der Waals surface area contributed by atoms with E-state index >= 15 is 0 Å². The van der Waals surface area contributed by atoms with Crippen LogP contribution in [0.15, 0.2) is 59.0 Å². The number of fused-ring (bicyclic) bond motifs is 1. The van der Waals surface area contributed by atoms with E-state index in [4.69, 9.17) is 21.2 Å². The largest absolute Gasteiger partial charge is 0.489 e. The molecule has 0 spiro atoms. The second-order valence-corrected chi connectivity index (χ2v) is 7.31. The first-order valence-corrected chi connectivity index (χ1v) is 10.4. The molecule has 0 unspecified atom stereocenters. The Hall–Kier alpha value is -4.27. The third-order valence-corrected chi connectivity index (χ3v) is 4.59. The monoisotopic (exact) mass is 444 g/mol. The summed E-state index contributed by atoms with van der Waals surface area (Å²) >= 11 is 0. The first kappa shape index (κ1) is 23.4. The number of nitrogens with one attached hydrogen (secondary N) is 1. The topological polar surface area (TPSA) is 137 Å². The van der Waals surface area contributed by atoms with Gasteiger partial charge in [-0.25, -0.2) is 9.97 Å². The fraction of sp³-hybridized carbons (Fsp3) is 0.208. The van der Waals surface area contributed by atoms with Gasteiger partial charge >= 0.3 is 0 Å². The number of nitrogens with zero attached hydrogens (tertiary/aromatic N) is 5. The second kappa shape index (κ2) is 10.9. The third-order valence-electron chi connectivity index (χ3n) is 4.59. The van der Waals surface area contributed by atoms with E-state index in [2.05, 4.69) is 25.3 Å². The number of hydrogen-bond donors (Lipinski definition) is 3. The van der Waals surface area contributed by atoms with Gasteiger partial charge in [-0.3, -0.25) is 15.0 Å². The molecular formula is C24H28N8O. The predicted octanol–water partition coefficient (Wildman–Crippen LogP) is 3.56. The molecular weight excluding hydrogens is 416 g/mol. The smallest absolute Gasteiger partial charge is 0.227 e. The molecule has 0 atom stereocenters. The first-order chi connectivity index (χ1) is 16.0. The quantitative estimate of drug-likeness (QED) is 0.452. The van der Waals surface area contributed by atoms with Gasteiger partial charge < -0.3 is 21.5 Å². The summed E-state index contributed by atoms with van der Waals surface area (Å²) in [6.07, 6.45) is 9.70. The minimum atomic E-state index is -0.0372. The Morgan fingerprint density at radius 3 is 2.42 bits per heavy atom. The number of pyridine rings is 1. The van der Waals surface area contributed by atoms with Gasteiger partial charge in [0.1, 0.15) is 11.3 Å². The SMILES string of the molecule is CN=CC(=CN)c1ccc(Nc2ncc3ccnc(C(C=NC)=CN)c3n2)c(OC(C)C)c1. The van der Waals surface area contributed by atoms with Crippen LogP contribution in [0.25, 0.3) is 22.0 Å². The highest BCUT2D eigenvalue weighted by Gasteiger charge is 2.13. The van der Waals surface area contributed by atoms with E-state index in [1.165, 1.54) is 12.4 Å². The van der Waals surface area contributed by atoms with Crippen molar-refractivity contribution in [2.24, 2.45) is 21.5 Å². The van der Waals surface area contributed by atoms with Crippen LogP contribution in [-0.4, -0.2) is 47.6 Å². The molecule has 0 amide bonds. The van der Waals surface area contributed by atoms with E-state index in [0.717, 1.165) is 16.5 Å². The van der Waals surface area contributed by atoms with Crippen LogP contribution in [0.1, 0.15) is 25.1 Å². The van der Waals surface area contributed by atoms with E-state index in [1.54, 1.807) is 38.9 Å². The van der Waals surface area contributed by atoms with Gasteiger partial charge in [-0.05, 0) is 37.6 Å². The zero-order valence-electron chi connectivity index (χ0n) is 19.1. The van der Waals surface area contributed by atoms with Crippen LogP contribution in [0.3, 0.4) is 0 Å². The zero-order chi connectivity index (χ0) is 23.8. The molecule has 0 radical (unpaired) electrons. The van der Waals surface area contributed by atoms with E-state index in [0.29, 0.717) is 34.2 Å². The molecule has 33 heavy (non-hydrogen) atoms. The molecule has 0 aliphatic rings. The summed E-state index contributed by atoms with van der Waals surface area (Å²) in [7, 11) is 3.37. The number of rotatable bonds is 8. The molecule has 3 aromatic rings. The van der Waals surface area contributed by atoms with Crippen LogP contribution in [0.5, 0.6) is 5.75 Å². The van der Waals surface area contributed by atoms with Crippen LogP contribution >= 0.6 is 0 Å². The molecule has 9 heteroatoms.